The van der Waals surface area contributed by atoms with Crippen molar-refractivity contribution in [2.75, 3.05) is 86.3 Å². The Kier molecular flexibility index (Phi) is 31.2. The minimum Gasteiger partial charge on any atom is -0.396 e. The highest BCUT2D eigenvalue weighted by Gasteiger charge is 2.12. The second-order valence-electron chi connectivity index (χ2n) is 26.8. The molecule has 1 aliphatic rings. The standard InChI is InChI=1S/C14H20N2.C13H16N2.2C12H16N2O.C11H13N.C10H11NO.C10H9N.C9H7NO/c1-3-10-16(2)11-8-13-6-4-5-12-7-9-15-14(12)13;1-14-7-5-11-3-2-4-12-6-8-15(10-9-14)13(11)12;2*15-9-8-13-6-4-10-2-1-3-11-5-7-14-12(10)11;1-2-4-9-5-3-6-10-7-8-12-11(9)10;12-7-5-9-3-1-2-8-4-6-11-10(8)9;1-2-8-4-3-5-9-6-7-11-10(8)9;11-6-8-3-1-2-7-4-5-10-9(7)8/h4-7,9,15H,3,8,10-11H2,1-2H3;2-4,6,8H,5,7,9-10H2,1H3;2*1-3,5,7,13-15H,4,6,8-9H2;3,5-8,12H,2,4H2,1H3;1-4,6,11-12H,5,7H2;2-7,11H,1H2;1-6,10H. The number of carbonyl (C=O) groups excluding carboxylic acids is 1. The van der Waals surface area contributed by atoms with Crippen LogP contribution < -0.4 is 10.6 Å². The van der Waals surface area contributed by atoms with Gasteiger partial charge in [-0.05, 0) is 210 Å². The van der Waals surface area contributed by atoms with Gasteiger partial charge in [0, 0.05) is 134 Å². The maximum atomic E-state index is 10.5. The monoisotopic (exact) mass is 1430 g/mol. The lowest BCUT2D eigenvalue weighted by Gasteiger charge is -2.21. The number of hydrogen-bond acceptors (Lipinski definition) is 8. The molecule has 556 valence electrons. The fourth-order valence-electron chi connectivity index (χ4n) is 13.8. The number of para-hydroxylation sites is 8. The first-order valence-electron chi connectivity index (χ1n) is 37.8. The smallest absolute Gasteiger partial charge is 0.152 e. The van der Waals surface area contributed by atoms with Crippen LogP contribution in [0.2, 0.25) is 0 Å². The summed E-state index contributed by atoms with van der Waals surface area (Å²) in [6.07, 6.45) is 27.2. The molecular formula is C91H108N12O4. The largest absolute Gasteiger partial charge is 0.396 e. The van der Waals surface area contributed by atoms with E-state index in [1.54, 1.807) is 6.07 Å². The fourth-order valence-corrected chi connectivity index (χ4v) is 13.8. The summed E-state index contributed by atoms with van der Waals surface area (Å²) in [6.45, 7) is 17.7. The number of aliphatic hydroxyl groups excluding tert-OH is 3. The van der Waals surface area contributed by atoms with Crippen molar-refractivity contribution >= 4 is 99.6 Å². The number of hydrogen-bond donors (Lipinski definition) is 12. The van der Waals surface area contributed by atoms with Crippen molar-refractivity contribution in [3.8, 4) is 0 Å². The lowest BCUT2D eigenvalue weighted by Crippen LogP contribution is -2.27. The molecule has 0 saturated heterocycles. The Balaban J connectivity index is 0.000000131. The molecule has 0 unspecified atom stereocenters. The molecule has 0 amide bonds. The molecule has 0 fully saturated rings. The van der Waals surface area contributed by atoms with Crippen molar-refractivity contribution in [2.24, 2.45) is 0 Å². The number of H-pyrrole nitrogens is 7. The maximum absolute atomic E-state index is 10.5. The van der Waals surface area contributed by atoms with Crippen LogP contribution in [-0.4, -0.2) is 157 Å². The molecule has 0 aliphatic carbocycles. The molecule has 12 N–H and O–H groups in total. The van der Waals surface area contributed by atoms with Crippen LogP contribution in [0.25, 0.3) is 93.3 Å². The highest BCUT2D eigenvalue weighted by atomic mass is 16.3. The van der Waals surface area contributed by atoms with E-state index in [4.69, 9.17) is 15.3 Å². The number of nitrogens with one attached hydrogen (secondary N) is 9. The van der Waals surface area contributed by atoms with E-state index in [0.717, 1.165) is 99.5 Å². The van der Waals surface area contributed by atoms with E-state index in [1.165, 1.54) is 130 Å². The molecule has 107 heavy (non-hydrogen) atoms. The van der Waals surface area contributed by atoms with Crippen molar-refractivity contribution in [2.45, 2.75) is 71.8 Å². The Morgan fingerprint density at radius 3 is 1.21 bits per heavy atom. The Morgan fingerprint density at radius 1 is 0.402 bits per heavy atom. The molecule has 0 radical (unpaired) electrons. The molecule has 9 heterocycles. The Bertz CT molecular complexity index is 5010. The van der Waals surface area contributed by atoms with E-state index >= 15 is 0 Å². The molecule has 0 saturated carbocycles. The minimum absolute atomic E-state index is 0.201. The summed E-state index contributed by atoms with van der Waals surface area (Å²) in [6, 6.07) is 66.9. The van der Waals surface area contributed by atoms with E-state index in [-0.39, 0.29) is 19.8 Å². The first-order valence-corrected chi connectivity index (χ1v) is 37.8. The predicted molar refractivity (Wildman–Crippen MR) is 450 cm³/mol. The number of likely N-dealkylation sites (N-methyl/N-ethyl adjacent to an activating group) is 2. The van der Waals surface area contributed by atoms with Crippen molar-refractivity contribution in [1.82, 2.24) is 59.9 Å². The normalized spacial score (nSPS) is 11.8. The van der Waals surface area contributed by atoms with E-state index in [9.17, 15) is 4.79 Å². The summed E-state index contributed by atoms with van der Waals surface area (Å²) in [5.41, 5.74) is 19.8. The summed E-state index contributed by atoms with van der Waals surface area (Å²) < 4.78 is 2.39. The number of aromatic amines is 7. The highest BCUT2D eigenvalue weighted by Crippen LogP contribution is 2.25. The van der Waals surface area contributed by atoms with Crippen LogP contribution in [0.1, 0.15) is 76.0 Å². The summed E-state index contributed by atoms with van der Waals surface area (Å²) in [4.78, 5) is 37.7. The van der Waals surface area contributed by atoms with Crippen molar-refractivity contribution in [3.05, 3.63) is 295 Å². The van der Waals surface area contributed by atoms with E-state index in [2.05, 4.69) is 240 Å². The lowest BCUT2D eigenvalue weighted by molar-refractivity contribution is 0.112. The van der Waals surface area contributed by atoms with E-state index in [0.29, 0.717) is 18.7 Å². The zero-order valence-corrected chi connectivity index (χ0v) is 62.7. The highest BCUT2D eigenvalue weighted by molar-refractivity contribution is 5.96. The van der Waals surface area contributed by atoms with Crippen molar-refractivity contribution < 1.29 is 20.1 Å². The molecule has 0 atom stereocenters. The third kappa shape index (κ3) is 22.4. The van der Waals surface area contributed by atoms with Crippen LogP contribution in [0.4, 0.5) is 0 Å². The molecule has 0 spiro atoms. The summed E-state index contributed by atoms with van der Waals surface area (Å²) in [5.74, 6) is 0. The quantitative estimate of drug-likeness (QED) is 0.0244. The van der Waals surface area contributed by atoms with Gasteiger partial charge in [-0.15, -0.1) is 0 Å². The molecule has 0 bridgehead atoms. The number of nitrogens with zero attached hydrogens (tertiary/aromatic N) is 3. The third-order valence-electron chi connectivity index (χ3n) is 19.3. The van der Waals surface area contributed by atoms with Crippen molar-refractivity contribution in [1.29, 1.82) is 0 Å². The van der Waals surface area contributed by atoms with Crippen LogP contribution >= 0.6 is 0 Å². The number of rotatable bonds is 21. The van der Waals surface area contributed by atoms with Crippen molar-refractivity contribution in [3.63, 3.8) is 0 Å². The molecule has 8 aromatic carbocycles. The number of benzene rings is 8. The zero-order valence-electron chi connectivity index (χ0n) is 62.7. The second-order valence-corrected chi connectivity index (χ2v) is 26.8. The SMILES string of the molecule is C=Cc1cccc2cc[nH]c12.CCCN(C)CCc1cccc2cc[nH]c12.CCCc1cccc2cc[nH]c12.CN1CCc2cccc3ccn(c23)CC1.O=Cc1cccc2cc[nH]c12.OCCNCCc1cccc2cc[nH]c12.OCCNCCc1cccc2cc[nH]c12.OCCc1cccc2cc[nH]c12. The van der Waals surface area contributed by atoms with Gasteiger partial charge < -0.3 is 75.2 Å². The van der Waals surface area contributed by atoms with Gasteiger partial charge in [0.15, 0.2) is 6.29 Å². The third-order valence-corrected chi connectivity index (χ3v) is 19.3. The Hall–Kier alpha value is -10.8. The number of fused-ring (bicyclic) bond motifs is 7. The summed E-state index contributed by atoms with van der Waals surface area (Å²) in [7, 11) is 4.40. The van der Waals surface area contributed by atoms with Gasteiger partial charge in [0.25, 0.3) is 0 Å². The first kappa shape index (κ1) is 78.8. The molecular weight excluding hydrogens is 1330 g/mol. The van der Waals surface area contributed by atoms with Crippen LogP contribution in [-0.2, 0) is 45.1 Å². The van der Waals surface area contributed by atoms with Crippen LogP contribution in [0.5, 0.6) is 0 Å². The molecule has 1 aliphatic heterocycles. The predicted octanol–water partition coefficient (Wildman–Crippen LogP) is 17.4. The number of aliphatic hydroxyl groups is 3. The summed E-state index contributed by atoms with van der Waals surface area (Å²) in [5, 5.41) is 42.5. The second kappa shape index (κ2) is 42.4. The molecule has 8 aromatic heterocycles. The number of carbonyl (C=O) groups is 1. The van der Waals surface area contributed by atoms with Gasteiger partial charge in [0.05, 0.1) is 29.8 Å². The van der Waals surface area contributed by atoms with Gasteiger partial charge >= 0.3 is 0 Å². The van der Waals surface area contributed by atoms with E-state index in [1.807, 2.05) is 98.0 Å². The fraction of sp³-hybridized carbons (Fsp3) is 0.264. The molecule has 16 aromatic rings. The lowest BCUT2D eigenvalue weighted by atomic mass is 10.1. The number of aldehydes is 1. The first-order chi connectivity index (χ1) is 52.6. The van der Waals surface area contributed by atoms with Crippen LogP contribution in [0, 0.1) is 0 Å². The van der Waals surface area contributed by atoms with Crippen LogP contribution in [0.15, 0.2) is 250 Å². The number of aryl methyl sites for hydroxylation is 1. The zero-order chi connectivity index (χ0) is 74.8. The minimum atomic E-state index is 0.201. The van der Waals surface area contributed by atoms with Gasteiger partial charge in [-0.2, -0.15) is 0 Å². The van der Waals surface area contributed by atoms with Crippen LogP contribution in [0.3, 0.4) is 0 Å². The van der Waals surface area contributed by atoms with Gasteiger partial charge in [-0.3, -0.25) is 4.79 Å². The molecule has 16 heteroatoms. The van der Waals surface area contributed by atoms with Gasteiger partial charge in [-0.25, -0.2) is 0 Å². The summed E-state index contributed by atoms with van der Waals surface area (Å²) >= 11 is 0. The van der Waals surface area contributed by atoms with E-state index < -0.39 is 0 Å². The average molecular weight is 1430 g/mol. The Labute approximate surface area is 629 Å². The maximum Gasteiger partial charge on any atom is 0.152 e. The van der Waals surface area contributed by atoms with Gasteiger partial charge in [0.1, 0.15) is 0 Å². The van der Waals surface area contributed by atoms with Gasteiger partial charge in [0.2, 0.25) is 0 Å². The number of aromatic nitrogens is 8. The Morgan fingerprint density at radius 2 is 0.785 bits per heavy atom. The average Bonchev–Trinajstić information content (AvgIpc) is 1.73. The molecule has 17 rings (SSSR count). The molecule has 16 nitrogen and oxygen atoms in total. The van der Waals surface area contributed by atoms with Gasteiger partial charge in [-0.1, -0.05) is 172 Å². The topological polar surface area (TPSA) is 224 Å².